The van der Waals surface area contributed by atoms with Crippen LogP contribution in [0.4, 0.5) is 0 Å². The molecule has 0 bridgehead atoms. The van der Waals surface area contributed by atoms with Gasteiger partial charge >= 0.3 is 0 Å². The number of benzene rings is 2. The van der Waals surface area contributed by atoms with Crippen LogP contribution in [0.25, 0.3) is 11.0 Å². The molecule has 3 aromatic rings. The van der Waals surface area contributed by atoms with Gasteiger partial charge in [-0.3, -0.25) is 9.59 Å². The van der Waals surface area contributed by atoms with E-state index in [1.165, 1.54) is 11.8 Å². The summed E-state index contributed by atoms with van der Waals surface area (Å²) >= 11 is 1.36. The number of nitrogens with one attached hydrogen (secondary N) is 1. The summed E-state index contributed by atoms with van der Waals surface area (Å²) in [6.45, 7) is 1.89. The summed E-state index contributed by atoms with van der Waals surface area (Å²) in [4.78, 5) is 26.9. The third kappa shape index (κ3) is 4.52. The first-order valence-corrected chi connectivity index (χ1v) is 9.65. The summed E-state index contributed by atoms with van der Waals surface area (Å²) in [6, 6.07) is 16.7. The molecule has 140 valence electrons. The van der Waals surface area contributed by atoms with Gasteiger partial charge in [0.25, 0.3) is 5.91 Å². The van der Waals surface area contributed by atoms with Crippen molar-refractivity contribution in [1.29, 1.82) is 0 Å². The summed E-state index contributed by atoms with van der Waals surface area (Å²) in [5.41, 5.74) is 1.35. The number of nitrogens with zero attached hydrogens (tertiary/aromatic N) is 1. The zero-order chi connectivity index (χ0) is 19.4. The molecule has 1 unspecified atom stereocenters. The molecule has 0 aliphatic rings. The predicted molar refractivity (Wildman–Crippen MR) is 108 cm³/mol. The fourth-order valence-corrected chi connectivity index (χ4v) is 3.64. The van der Waals surface area contributed by atoms with Gasteiger partial charge in [0.05, 0.1) is 17.4 Å². The van der Waals surface area contributed by atoms with Crippen molar-refractivity contribution in [3.8, 4) is 0 Å². The monoisotopic (exact) mass is 382 g/mol. The number of fused-ring (bicyclic) bond motifs is 1. The minimum atomic E-state index is -0.272. The zero-order valence-corrected chi connectivity index (χ0v) is 16.4. The molecule has 1 atom stereocenters. The van der Waals surface area contributed by atoms with Gasteiger partial charge in [0, 0.05) is 24.4 Å². The molecule has 0 radical (unpaired) electrons. The molecular weight excluding hydrogens is 360 g/mol. The highest BCUT2D eigenvalue weighted by molar-refractivity contribution is 8.00. The summed E-state index contributed by atoms with van der Waals surface area (Å²) in [5, 5.41) is 3.99. The summed E-state index contributed by atoms with van der Waals surface area (Å²) in [5.74, 6) is 0.808. The number of rotatable bonds is 6. The molecule has 1 heterocycles. The summed E-state index contributed by atoms with van der Waals surface area (Å²) < 4.78 is 5.83. The average Bonchev–Trinajstić information content (AvgIpc) is 3.10. The number of hydrogen-bond donors (Lipinski definition) is 1. The molecule has 1 aromatic heterocycles. The Labute approximate surface area is 162 Å². The standard InChI is InChI=1S/C21H22N2O3S/c1-14(18-12-15-8-4-6-10-17(15)26-18)22-21(25)16-9-5-7-11-19(16)27-13-20(24)23(2)3/h4-12,14H,13H2,1-3H3,(H,22,25). The first-order chi connectivity index (χ1) is 13.0. The number of carbonyl (C=O) groups is 2. The van der Waals surface area contributed by atoms with Crippen LogP contribution in [-0.2, 0) is 4.79 Å². The lowest BCUT2D eigenvalue weighted by Gasteiger charge is -2.14. The molecule has 2 amide bonds. The van der Waals surface area contributed by atoms with Gasteiger partial charge in [0.1, 0.15) is 11.3 Å². The van der Waals surface area contributed by atoms with Gasteiger partial charge in [-0.25, -0.2) is 0 Å². The maximum Gasteiger partial charge on any atom is 0.252 e. The normalized spacial score (nSPS) is 12.0. The van der Waals surface area contributed by atoms with E-state index in [1.807, 2.05) is 55.5 Å². The van der Waals surface area contributed by atoms with Crippen LogP contribution in [0, 0.1) is 0 Å². The number of thioether (sulfide) groups is 1. The molecule has 27 heavy (non-hydrogen) atoms. The van der Waals surface area contributed by atoms with E-state index in [4.69, 9.17) is 4.42 Å². The Morgan fingerprint density at radius 3 is 2.56 bits per heavy atom. The highest BCUT2D eigenvalue weighted by Crippen LogP contribution is 2.26. The van der Waals surface area contributed by atoms with Gasteiger partial charge in [0.15, 0.2) is 0 Å². The lowest BCUT2D eigenvalue weighted by atomic mass is 10.1. The first-order valence-electron chi connectivity index (χ1n) is 8.67. The second kappa shape index (κ2) is 8.31. The molecule has 0 fully saturated rings. The van der Waals surface area contributed by atoms with E-state index in [0.717, 1.165) is 15.9 Å². The Morgan fingerprint density at radius 1 is 1.11 bits per heavy atom. The Hall–Kier alpha value is -2.73. The highest BCUT2D eigenvalue weighted by Gasteiger charge is 2.18. The number of furan rings is 1. The topological polar surface area (TPSA) is 62.6 Å². The fraction of sp³-hybridized carbons (Fsp3) is 0.238. The zero-order valence-electron chi connectivity index (χ0n) is 15.6. The maximum absolute atomic E-state index is 12.8. The van der Waals surface area contributed by atoms with Crippen molar-refractivity contribution >= 4 is 34.5 Å². The number of amides is 2. The van der Waals surface area contributed by atoms with E-state index in [1.54, 1.807) is 25.1 Å². The van der Waals surface area contributed by atoms with Crippen molar-refractivity contribution in [3.05, 3.63) is 65.9 Å². The second-order valence-corrected chi connectivity index (χ2v) is 7.47. The van der Waals surface area contributed by atoms with E-state index in [-0.39, 0.29) is 23.6 Å². The minimum absolute atomic E-state index is 0.00542. The average molecular weight is 382 g/mol. The van der Waals surface area contributed by atoms with Crippen molar-refractivity contribution in [3.63, 3.8) is 0 Å². The van der Waals surface area contributed by atoms with Crippen LogP contribution in [0.15, 0.2) is 63.9 Å². The molecule has 6 heteroatoms. The lowest BCUT2D eigenvalue weighted by molar-refractivity contribution is -0.125. The highest BCUT2D eigenvalue weighted by atomic mass is 32.2. The molecule has 0 saturated carbocycles. The molecule has 2 aromatic carbocycles. The third-order valence-electron chi connectivity index (χ3n) is 4.20. The number of carbonyl (C=O) groups excluding carboxylic acids is 2. The first kappa shape index (κ1) is 19.0. The van der Waals surface area contributed by atoms with Gasteiger partial charge in [-0.2, -0.15) is 0 Å². The van der Waals surface area contributed by atoms with Crippen molar-refractivity contribution in [2.24, 2.45) is 0 Å². The minimum Gasteiger partial charge on any atom is -0.459 e. The number of hydrogen-bond acceptors (Lipinski definition) is 4. The van der Waals surface area contributed by atoms with Crippen LogP contribution in [-0.4, -0.2) is 36.6 Å². The van der Waals surface area contributed by atoms with Crippen molar-refractivity contribution in [1.82, 2.24) is 10.2 Å². The van der Waals surface area contributed by atoms with E-state index in [2.05, 4.69) is 5.32 Å². The Kier molecular flexibility index (Phi) is 5.86. The van der Waals surface area contributed by atoms with E-state index in [0.29, 0.717) is 11.3 Å². The van der Waals surface area contributed by atoms with Crippen LogP contribution < -0.4 is 5.32 Å². The summed E-state index contributed by atoms with van der Waals surface area (Å²) in [6.07, 6.45) is 0. The second-order valence-electron chi connectivity index (χ2n) is 6.45. The van der Waals surface area contributed by atoms with Gasteiger partial charge in [0.2, 0.25) is 5.91 Å². The Bertz CT molecular complexity index is 932. The van der Waals surface area contributed by atoms with E-state index < -0.39 is 0 Å². The van der Waals surface area contributed by atoms with Crippen molar-refractivity contribution in [2.45, 2.75) is 17.9 Å². The van der Waals surface area contributed by atoms with Crippen LogP contribution in [0.2, 0.25) is 0 Å². The molecule has 0 saturated heterocycles. The predicted octanol–water partition coefficient (Wildman–Crippen LogP) is 4.10. The molecule has 1 N–H and O–H groups in total. The molecular formula is C21H22N2O3S. The van der Waals surface area contributed by atoms with Crippen LogP contribution in [0.3, 0.4) is 0 Å². The van der Waals surface area contributed by atoms with Crippen LogP contribution in [0.5, 0.6) is 0 Å². The fourth-order valence-electron chi connectivity index (χ4n) is 2.61. The smallest absolute Gasteiger partial charge is 0.252 e. The molecule has 0 aliphatic heterocycles. The van der Waals surface area contributed by atoms with Crippen molar-refractivity contribution < 1.29 is 14.0 Å². The SMILES string of the molecule is CC(NC(=O)c1ccccc1SCC(=O)N(C)C)c1cc2ccccc2o1. The molecule has 3 rings (SSSR count). The van der Waals surface area contributed by atoms with E-state index >= 15 is 0 Å². The van der Waals surface area contributed by atoms with Gasteiger partial charge in [-0.1, -0.05) is 30.3 Å². The lowest BCUT2D eigenvalue weighted by Crippen LogP contribution is -2.27. The maximum atomic E-state index is 12.8. The summed E-state index contributed by atoms with van der Waals surface area (Å²) in [7, 11) is 3.44. The van der Waals surface area contributed by atoms with Crippen LogP contribution in [0.1, 0.15) is 29.1 Å². The molecule has 5 nitrogen and oxygen atoms in total. The quantitative estimate of drug-likeness (QED) is 0.652. The van der Waals surface area contributed by atoms with Crippen LogP contribution >= 0.6 is 11.8 Å². The Balaban J connectivity index is 1.72. The third-order valence-corrected chi connectivity index (χ3v) is 5.26. The number of para-hydroxylation sites is 1. The van der Waals surface area contributed by atoms with E-state index in [9.17, 15) is 9.59 Å². The Morgan fingerprint density at radius 2 is 1.81 bits per heavy atom. The molecule has 0 spiro atoms. The van der Waals surface area contributed by atoms with Gasteiger partial charge in [-0.15, -0.1) is 11.8 Å². The van der Waals surface area contributed by atoms with Gasteiger partial charge < -0.3 is 14.6 Å². The van der Waals surface area contributed by atoms with Gasteiger partial charge in [-0.05, 0) is 31.2 Å². The van der Waals surface area contributed by atoms with Crippen molar-refractivity contribution in [2.75, 3.05) is 19.8 Å². The molecule has 0 aliphatic carbocycles. The largest absolute Gasteiger partial charge is 0.459 e.